The quantitative estimate of drug-likeness (QED) is 0.630. The van der Waals surface area contributed by atoms with E-state index in [-0.39, 0.29) is 30.9 Å². The molecule has 2 heterocycles. The van der Waals surface area contributed by atoms with E-state index in [4.69, 9.17) is 5.73 Å². The van der Waals surface area contributed by atoms with Gasteiger partial charge < -0.3 is 11.1 Å². The number of imide groups is 1. The Kier molecular flexibility index (Phi) is 7.12. The summed E-state index contributed by atoms with van der Waals surface area (Å²) in [7, 11) is 0. The van der Waals surface area contributed by atoms with Gasteiger partial charge in [-0.3, -0.25) is 28.9 Å². The third kappa shape index (κ3) is 5.16. The molecule has 1 saturated heterocycles. The van der Waals surface area contributed by atoms with Crippen molar-refractivity contribution in [2.45, 2.75) is 38.6 Å². The van der Waals surface area contributed by atoms with E-state index in [0.717, 1.165) is 11.3 Å². The molecule has 2 rings (SSSR count). The molecule has 0 spiro atoms. The first-order chi connectivity index (χ1) is 12.8. The molecule has 2 aliphatic rings. The molecule has 1 fully saturated rings. The molecule has 3 N–H and O–H groups in total. The average Bonchev–Trinajstić information content (AvgIpc) is 2.84. The number of primary amides is 1. The van der Waals surface area contributed by atoms with Crippen molar-refractivity contribution in [1.29, 1.82) is 0 Å². The number of nitrogens with zero attached hydrogens (tertiary/aromatic N) is 2. The van der Waals surface area contributed by atoms with E-state index in [1.807, 2.05) is 0 Å². The third-order valence-electron chi connectivity index (χ3n) is 4.48. The third-order valence-corrected chi connectivity index (χ3v) is 4.48. The van der Waals surface area contributed by atoms with Crippen LogP contribution in [0.3, 0.4) is 0 Å². The number of amides is 3. The molecule has 9 heteroatoms. The van der Waals surface area contributed by atoms with Gasteiger partial charge in [0.1, 0.15) is 0 Å². The molecule has 27 heavy (non-hydrogen) atoms. The van der Waals surface area contributed by atoms with Crippen molar-refractivity contribution in [2.24, 2.45) is 16.6 Å². The number of nitrogens with two attached hydrogens (primary N) is 1. The molecule has 3 amide bonds. The van der Waals surface area contributed by atoms with E-state index in [2.05, 4.69) is 10.3 Å². The van der Waals surface area contributed by atoms with Crippen LogP contribution in [-0.2, 0) is 24.0 Å². The molecule has 1 unspecified atom stereocenters. The topological polar surface area (TPSA) is 139 Å². The number of allylic oxidation sites excluding steroid dienone is 1. The highest BCUT2D eigenvalue weighted by Gasteiger charge is 2.38. The van der Waals surface area contributed by atoms with Crippen LogP contribution in [0, 0.1) is 12.3 Å². The maximum Gasteiger partial charge on any atom is 0.283 e. The van der Waals surface area contributed by atoms with Gasteiger partial charge in [0.05, 0.1) is 19.0 Å². The zero-order chi connectivity index (χ0) is 20.0. The number of rotatable bonds is 6. The van der Waals surface area contributed by atoms with Crippen molar-refractivity contribution in [3.63, 3.8) is 0 Å². The maximum absolute atomic E-state index is 12.9. The number of carbonyl (C=O) groups excluding carboxylic acids is 5. The standard InChI is InChI=1S/C18H23N4O5/c1-11(17(19)26)6-7-15(25)22(12-4-2-8-20-10-14(12)24)18(27)16-13(23)5-3-9-21-16/h3,7,9,11-12,20H,2,4-6,8,10H2,1H3,(H2,19,26)/t11?,12-/m0/s1. The Labute approximate surface area is 157 Å². The van der Waals surface area contributed by atoms with Gasteiger partial charge in [0.2, 0.25) is 11.8 Å². The van der Waals surface area contributed by atoms with Crippen LogP contribution in [0.1, 0.15) is 32.6 Å². The van der Waals surface area contributed by atoms with Crippen LogP contribution < -0.4 is 11.1 Å². The number of carbonyl (C=O) groups is 5. The summed E-state index contributed by atoms with van der Waals surface area (Å²) in [6, 6.07) is -0.985. The minimum Gasteiger partial charge on any atom is -0.369 e. The van der Waals surface area contributed by atoms with Crippen LogP contribution in [-0.4, -0.2) is 59.0 Å². The van der Waals surface area contributed by atoms with Crippen molar-refractivity contribution < 1.29 is 24.0 Å². The van der Waals surface area contributed by atoms with Gasteiger partial charge in [-0.1, -0.05) is 13.0 Å². The zero-order valence-electron chi connectivity index (χ0n) is 15.1. The summed E-state index contributed by atoms with van der Waals surface area (Å²) in [5.41, 5.74) is 4.83. The number of aliphatic imine (C=N–C) groups is 1. The summed E-state index contributed by atoms with van der Waals surface area (Å²) in [6.45, 7) is 2.17. The van der Waals surface area contributed by atoms with E-state index < -0.39 is 35.5 Å². The number of hydrogen-bond donors (Lipinski definition) is 2. The number of ketones is 2. The van der Waals surface area contributed by atoms with Gasteiger partial charge >= 0.3 is 0 Å². The van der Waals surface area contributed by atoms with Crippen molar-refractivity contribution in [3.8, 4) is 0 Å². The van der Waals surface area contributed by atoms with Gasteiger partial charge in [-0.05, 0) is 25.8 Å². The molecule has 1 radical (unpaired) electrons. The zero-order valence-corrected chi connectivity index (χ0v) is 15.1. The SMILES string of the molecule is CC(C[CH]C(=O)N(C(=O)C1=NC=CCC1=O)[C@H]1CCCNCC1=O)C(N)=O. The van der Waals surface area contributed by atoms with E-state index in [0.29, 0.717) is 19.4 Å². The Morgan fingerprint density at radius 1 is 1.41 bits per heavy atom. The lowest BCUT2D eigenvalue weighted by Crippen LogP contribution is -2.53. The molecule has 0 saturated carbocycles. The molecule has 145 valence electrons. The van der Waals surface area contributed by atoms with Crippen LogP contribution in [0.2, 0.25) is 0 Å². The Hall–Kier alpha value is -2.68. The Balaban J connectivity index is 2.28. The van der Waals surface area contributed by atoms with Crippen molar-refractivity contribution >= 4 is 35.0 Å². The smallest absolute Gasteiger partial charge is 0.283 e. The highest BCUT2D eigenvalue weighted by atomic mass is 16.2. The first-order valence-electron chi connectivity index (χ1n) is 8.82. The van der Waals surface area contributed by atoms with Gasteiger partial charge in [0.25, 0.3) is 5.91 Å². The maximum atomic E-state index is 12.9. The van der Waals surface area contributed by atoms with Crippen molar-refractivity contribution in [2.75, 3.05) is 13.1 Å². The van der Waals surface area contributed by atoms with Gasteiger partial charge in [-0.15, -0.1) is 0 Å². The Morgan fingerprint density at radius 3 is 2.81 bits per heavy atom. The molecular formula is C18H23N4O5. The normalized spacial score (nSPS) is 21.2. The minimum atomic E-state index is -0.985. The molecule has 0 aliphatic carbocycles. The monoisotopic (exact) mass is 375 g/mol. The lowest BCUT2D eigenvalue weighted by atomic mass is 10.0. The number of Topliss-reactive ketones (excluding diaryl/α,β-unsaturated/α-hetero) is 2. The van der Waals surface area contributed by atoms with Crippen LogP contribution in [0.5, 0.6) is 0 Å². The first-order valence-corrected chi connectivity index (χ1v) is 8.82. The Morgan fingerprint density at radius 2 is 2.15 bits per heavy atom. The second-order valence-electron chi connectivity index (χ2n) is 6.55. The molecular weight excluding hydrogens is 352 g/mol. The summed E-state index contributed by atoms with van der Waals surface area (Å²) in [4.78, 5) is 66.0. The summed E-state index contributed by atoms with van der Waals surface area (Å²) < 4.78 is 0. The summed E-state index contributed by atoms with van der Waals surface area (Å²) in [6.07, 6.45) is 4.90. The van der Waals surface area contributed by atoms with E-state index in [1.54, 1.807) is 6.92 Å². The molecule has 0 aromatic carbocycles. The van der Waals surface area contributed by atoms with Gasteiger partial charge in [0, 0.05) is 18.5 Å². The fraction of sp³-hybridized carbons (Fsp3) is 0.500. The number of hydrogen-bond acceptors (Lipinski definition) is 7. The summed E-state index contributed by atoms with van der Waals surface area (Å²) in [5.74, 6) is -3.64. The van der Waals surface area contributed by atoms with Crippen molar-refractivity contribution in [3.05, 3.63) is 18.7 Å². The fourth-order valence-electron chi connectivity index (χ4n) is 2.82. The van der Waals surface area contributed by atoms with Gasteiger partial charge in [-0.2, -0.15) is 0 Å². The number of nitrogens with one attached hydrogen (secondary N) is 1. The van der Waals surface area contributed by atoms with E-state index in [1.165, 1.54) is 12.3 Å². The van der Waals surface area contributed by atoms with Gasteiger partial charge in [-0.25, -0.2) is 4.99 Å². The molecule has 0 aromatic heterocycles. The molecule has 2 aliphatic heterocycles. The van der Waals surface area contributed by atoms with Crippen LogP contribution in [0.4, 0.5) is 0 Å². The van der Waals surface area contributed by atoms with Crippen molar-refractivity contribution in [1.82, 2.24) is 10.2 Å². The minimum absolute atomic E-state index is 0.00912. The summed E-state index contributed by atoms with van der Waals surface area (Å²) in [5, 5.41) is 2.93. The molecule has 0 bridgehead atoms. The predicted molar refractivity (Wildman–Crippen MR) is 96.2 cm³/mol. The van der Waals surface area contributed by atoms with E-state index >= 15 is 0 Å². The molecule has 9 nitrogen and oxygen atoms in total. The van der Waals surface area contributed by atoms with Gasteiger partial charge in [0.15, 0.2) is 17.3 Å². The highest BCUT2D eigenvalue weighted by Crippen LogP contribution is 2.17. The lowest BCUT2D eigenvalue weighted by molar-refractivity contribution is -0.146. The second-order valence-corrected chi connectivity index (χ2v) is 6.55. The van der Waals surface area contributed by atoms with E-state index in [9.17, 15) is 24.0 Å². The van der Waals surface area contributed by atoms with Crippen LogP contribution in [0.25, 0.3) is 0 Å². The largest absolute Gasteiger partial charge is 0.369 e. The fourth-order valence-corrected chi connectivity index (χ4v) is 2.82. The molecule has 0 aromatic rings. The predicted octanol–water partition coefficient (Wildman–Crippen LogP) is -0.694. The Bertz CT molecular complexity index is 713. The highest BCUT2D eigenvalue weighted by molar-refractivity contribution is 6.67. The van der Waals surface area contributed by atoms with Crippen LogP contribution >= 0.6 is 0 Å². The second kappa shape index (κ2) is 9.31. The summed E-state index contributed by atoms with van der Waals surface area (Å²) >= 11 is 0. The van der Waals surface area contributed by atoms with Crippen LogP contribution in [0.15, 0.2) is 17.3 Å². The lowest BCUT2D eigenvalue weighted by Gasteiger charge is -2.28. The first kappa shape index (κ1) is 20.6. The average molecular weight is 375 g/mol. The molecule has 2 atom stereocenters.